The van der Waals surface area contributed by atoms with Crippen molar-refractivity contribution in [2.75, 3.05) is 6.61 Å². The van der Waals surface area contributed by atoms with Crippen LogP contribution in [0.2, 0.25) is 0 Å². The molecule has 6 heteroatoms. The van der Waals surface area contributed by atoms with Crippen LogP contribution in [0.3, 0.4) is 0 Å². The fourth-order valence-corrected chi connectivity index (χ4v) is 2.21. The molecule has 88 valence electrons. The Morgan fingerprint density at radius 3 is 2.94 bits per heavy atom. The van der Waals surface area contributed by atoms with Gasteiger partial charge in [-0.15, -0.1) is 11.3 Å². The van der Waals surface area contributed by atoms with E-state index in [1.165, 1.54) is 0 Å². The molecule has 1 heterocycles. The van der Waals surface area contributed by atoms with Crippen molar-refractivity contribution < 1.29 is 18.3 Å². The lowest BCUT2D eigenvalue weighted by molar-refractivity contribution is -0.0287. The summed E-state index contributed by atoms with van der Waals surface area (Å²) < 4.78 is 31.9. The zero-order valence-electron chi connectivity index (χ0n) is 8.70. The molecule has 16 heavy (non-hydrogen) atoms. The Labute approximate surface area is 95.4 Å². The molecule has 1 aromatic rings. The van der Waals surface area contributed by atoms with Gasteiger partial charge in [0.2, 0.25) is 0 Å². The van der Waals surface area contributed by atoms with Crippen LogP contribution in [-0.2, 0) is 10.7 Å². The van der Waals surface area contributed by atoms with Gasteiger partial charge in [-0.05, 0) is 19.8 Å². The van der Waals surface area contributed by atoms with E-state index in [4.69, 9.17) is 4.74 Å². The summed E-state index contributed by atoms with van der Waals surface area (Å²) in [6.07, 6.45) is 2.22. The van der Waals surface area contributed by atoms with E-state index in [0.717, 1.165) is 17.5 Å². The lowest BCUT2D eigenvalue weighted by Gasteiger charge is -2.10. The van der Waals surface area contributed by atoms with Crippen molar-refractivity contribution in [3.8, 4) is 0 Å². The van der Waals surface area contributed by atoms with Gasteiger partial charge in [0, 0.05) is 5.92 Å². The zero-order valence-corrected chi connectivity index (χ0v) is 9.52. The molecule has 0 aromatic carbocycles. The van der Waals surface area contributed by atoms with E-state index < -0.39 is 17.8 Å². The summed E-state index contributed by atoms with van der Waals surface area (Å²) in [4.78, 5) is 15.0. The number of hydrogen-bond acceptors (Lipinski definition) is 4. The standard InChI is InChI=1S/C10H11F2NO2S/c1-2-15-8(14)7-5-13-9(16-7)10(11,12)6-3-4-6/h5-6H,2-4H2,1H3. The molecule has 0 radical (unpaired) electrons. The van der Waals surface area contributed by atoms with Crippen molar-refractivity contribution in [2.24, 2.45) is 5.92 Å². The van der Waals surface area contributed by atoms with Crippen LogP contribution in [0.5, 0.6) is 0 Å². The van der Waals surface area contributed by atoms with Gasteiger partial charge in [0.25, 0.3) is 0 Å². The number of alkyl halides is 2. The van der Waals surface area contributed by atoms with E-state index in [2.05, 4.69) is 4.98 Å². The maximum atomic E-state index is 13.6. The number of carbonyl (C=O) groups excluding carboxylic acids is 1. The van der Waals surface area contributed by atoms with Gasteiger partial charge < -0.3 is 4.74 Å². The van der Waals surface area contributed by atoms with E-state index in [9.17, 15) is 13.6 Å². The third-order valence-electron chi connectivity index (χ3n) is 2.36. The van der Waals surface area contributed by atoms with Crippen LogP contribution >= 0.6 is 11.3 Å². The number of rotatable bonds is 4. The zero-order chi connectivity index (χ0) is 11.8. The summed E-state index contributed by atoms with van der Waals surface area (Å²) in [6.45, 7) is 1.89. The minimum atomic E-state index is -2.89. The average molecular weight is 247 g/mol. The summed E-state index contributed by atoms with van der Waals surface area (Å²) in [6, 6.07) is 0. The van der Waals surface area contributed by atoms with Crippen molar-refractivity contribution in [1.82, 2.24) is 4.98 Å². The van der Waals surface area contributed by atoms with E-state index in [-0.39, 0.29) is 16.5 Å². The first kappa shape index (κ1) is 11.4. The Kier molecular flexibility index (Phi) is 2.92. The third kappa shape index (κ3) is 2.07. The fraction of sp³-hybridized carbons (Fsp3) is 0.600. The molecular weight excluding hydrogens is 236 g/mol. The van der Waals surface area contributed by atoms with E-state index in [1.807, 2.05) is 0 Å². The second-order valence-corrected chi connectivity index (χ2v) is 4.68. The smallest absolute Gasteiger partial charge is 0.349 e. The first-order chi connectivity index (χ1) is 7.55. The predicted molar refractivity (Wildman–Crippen MR) is 54.7 cm³/mol. The molecule has 0 N–H and O–H groups in total. The van der Waals surface area contributed by atoms with Crippen LogP contribution in [0, 0.1) is 5.92 Å². The summed E-state index contributed by atoms with van der Waals surface area (Å²) in [5.74, 6) is -4.08. The number of thiazole rings is 1. The van der Waals surface area contributed by atoms with E-state index in [1.54, 1.807) is 6.92 Å². The van der Waals surface area contributed by atoms with Crippen LogP contribution in [0.25, 0.3) is 0 Å². The molecule has 0 spiro atoms. The van der Waals surface area contributed by atoms with Gasteiger partial charge in [-0.3, -0.25) is 0 Å². The molecule has 1 aromatic heterocycles. The van der Waals surface area contributed by atoms with E-state index in [0.29, 0.717) is 12.8 Å². The number of hydrogen-bond donors (Lipinski definition) is 0. The van der Waals surface area contributed by atoms with Crippen LogP contribution in [-0.4, -0.2) is 17.6 Å². The Balaban J connectivity index is 2.15. The summed E-state index contributed by atoms with van der Waals surface area (Å²) in [5.41, 5.74) is 0. The number of carbonyl (C=O) groups is 1. The molecular formula is C10H11F2NO2S. The van der Waals surface area contributed by atoms with Crippen molar-refractivity contribution in [1.29, 1.82) is 0 Å². The maximum absolute atomic E-state index is 13.6. The lowest BCUT2D eigenvalue weighted by atomic mass is 10.2. The first-order valence-electron chi connectivity index (χ1n) is 5.07. The summed E-state index contributed by atoms with van der Waals surface area (Å²) in [5, 5.41) is -0.280. The molecule has 0 aliphatic heterocycles. The van der Waals surface area contributed by atoms with Gasteiger partial charge in [-0.1, -0.05) is 0 Å². The minimum absolute atomic E-state index is 0.136. The Morgan fingerprint density at radius 1 is 1.69 bits per heavy atom. The molecule has 0 unspecified atom stereocenters. The highest BCUT2D eigenvalue weighted by atomic mass is 32.1. The number of aromatic nitrogens is 1. The van der Waals surface area contributed by atoms with Gasteiger partial charge in [-0.2, -0.15) is 8.78 Å². The quantitative estimate of drug-likeness (QED) is 0.768. The summed E-state index contributed by atoms with van der Waals surface area (Å²) in [7, 11) is 0. The normalized spacial score (nSPS) is 16.2. The number of nitrogens with zero attached hydrogens (tertiary/aromatic N) is 1. The topological polar surface area (TPSA) is 39.2 Å². The third-order valence-corrected chi connectivity index (χ3v) is 3.42. The van der Waals surface area contributed by atoms with Crippen molar-refractivity contribution >= 4 is 17.3 Å². The molecule has 0 saturated heterocycles. The van der Waals surface area contributed by atoms with Crippen molar-refractivity contribution in [3.63, 3.8) is 0 Å². The monoisotopic (exact) mass is 247 g/mol. The van der Waals surface area contributed by atoms with Gasteiger partial charge in [-0.25, -0.2) is 9.78 Å². The molecule has 2 rings (SSSR count). The Hall–Kier alpha value is -1.04. The predicted octanol–water partition coefficient (Wildman–Crippen LogP) is 2.82. The Bertz CT molecular complexity index is 401. The number of ether oxygens (including phenoxy) is 1. The highest BCUT2D eigenvalue weighted by Gasteiger charge is 2.50. The van der Waals surface area contributed by atoms with Crippen LogP contribution in [0.1, 0.15) is 34.4 Å². The van der Waals surface area contributed by atoms with Crippen LogP contribution in [0.4, 0.5) is 8.78 Å². The average Bonchev–Trinajstić information content (AvgIpc) is 2.96. The van der Waals surface area contributed by atoms with Crippen molar-refractivity contribution in [3.05, 3.63) is 16.1 Å². The molecule has 0 bridgehead atoms. The molecule has 1 aliphatic rings. The van der Waals surface area contributed by atoms with Gasteiger partial charge in [0.15, 0.2) is 5.01 Å². The minimum Gasteiger partial charge on any atom is -0.462 e. The molecule has 0 amide bonds. The van der Waals surface area contributed by atoms with Crippen molar-refractivity contribution in [2.45, 2.75) is 25.7 Å². The number of halogens is 2. The fourth-order valence-electron chi connectivity index (χ4n) is 1.35. The molecule has 3 nitrogen and oxygen atoms in total. The molecule has 0 atom stereocenters. The van der Waals surface area contributed by atoms with E-state index >= 15 is 0 Å². The van der Waals surface area contributed by atoms with Gasteiger partial charge in [0.05, 0.1) is 12.8 Å². The molecule has 1 saturated carbocycles. The van der Waals surface area contributed by atoms with Crippen LogP contribution < -0.4 is 0 Å². The number of esters is 1. The Morgan fingerprint density at radius 2 is 2.38 bits per heavy atom. The maximum Gasteiger partial charge on any atom is 0.349 e. The largest absolute Gasteiger partial charge is 0.462 e. The second kappa shape index (κ2) is 4.08. The second-order valence-electron chi connectivity index (χ2n) is 3.65. The van der Waals surface area contributed by atoms with Crippen LogP contribution in [0.15, 0.2) is 6.20 Å². The summed E-state index contributed by atoms with van der Waals surface area (Å²) >= 11 is 0.721. The van der Waals surface area contributed by atoms with Gasteiger partial charge in [0.1, 0.15) is 4.88 Å². The highest BCUT2D eigenvalue weighted by molar-refractivity contribution is 7.13. The molecule has 1 aliphatic carbocycles. The lowest BCUT2D eigenvalue weighted by Crippen LogP contribution is -2.15. The van der Waals surface area contributed by atoms with Gasteiger partial charge >= 0.3 is 11.9 Å². The highest BCUT2D eigenvalue weighted by Crippen LogP contribution is 2.50. The first-order valence-corrected chi connectivity index (χ1v) is 5.88. The SMILES string of the molecule is CCOC(=O)c1cnc(C(F)(F)C2CC2)s1. The molecule has 1 fully saturated rings.